The molecule has 0 aliphatic heterocycles. The average Bonchev–Trinajstić information content (AvgIpc) is 0. The molecule has 0 atom stereocenters. The number of rotatable bonds is 0. The Labute approximate surface area is 105 Å². The van der Waals surface area contributed by atoms with Crippen molar-refractivity contribution in [3.8, 4) is 0 Å². The summed E-state index contributed by atoms with van der Waals surface area (Å²) >= 11 is 0. The van der Waals surface area contributed by atoms with Gasteiger partial charge in [0.25, 0.3) is 0 Å². The van der Waals surface area contributed by atoms with Gasteiger partial charge in [0.15, 0.2) is 0 Å². The van der Waals surface area contributed by atoms with Gasteiger partial charge in [-0.2, -0.15) is 0 Å². The molecule has 0 aliphatic carbocycles. The summed E-state index contributed by atoms with van der Waals surface area (Å²) in [5.41, 5.74) is 0. The van der Waals surface area contributed by atoms with Crippen LogP contribution in [0.1, 0.15) is 0 Å². The first-order valence-corrected chi connectivity index (χ1v) is 0. The molecule has 4 heavy (non-hydrogen) atoms. The number of hydrogen-bond acceptors (Lipinski definition) is 0. The van der Waals surface area contributed by atoms with Gasteiger partial charge in [-0.1, -0.05) is 0 Å². The summed E-state index contributed by atoms with van der Waals surface area (Å²) in [4.78, 5) is 0. The molecule has 0 bridgehead atoms. The van der Waals surface area contributed by atoms with Gasteiger partial charge in [-0.3, -0.25) is 0 Å². The Bertz CT molecular complexity index is 8.00. The molecule has 4 heteroatoms. The summed E-state index contributed by atoms with van der Waals surface area (Å²) in [6.45, 7) is 0. The second-order valence-electron chi connectivity index (χ2n) is 0. The van der Waals surface area contributed by atoms with Gasteiger partial charge in [-0.25, -0.2) is 0 Å². The molecule has 0 aromatic heterocycles. The van der Waals surface area contributed by atoms with Crippen molar-refractivity contribution >= 4 is 45.5 Å². The normalized spacial score (nSPS) is 0. The van der Waals surface area contributed by atoms with E-state index >= 15 is 0 Å². The Morgan fingerprint density at radius 1 is 1.00 bits per heavy atom. The first-order chi connectivity index (χ1) is 0. The third kappa shape index (κ3) is 9.00. The van der Waals surface area contributed by atoms with Crippen LogP contribution in [0.25, 0.3) is 0 Å². The quantitative estimate of drug-likeness (QED) is 0.476. The van der Waals surface area contributed by atoms with Gasteiger partial charge in [0.1, 0.15) is 0 Å². The maximum absolute atomic E-state index is 0. The van der Waals surface area contributed by atoms with Crippen LogP contribution in [-0.2, 0) is 17.1 Å². The molecule has 25 valence electrons. The molecular weight excluding hydrogens is 309 g/mol. The van der Waals surface area contributed by atoms with Gasteiger partial charge in [-0.15, -0.1) is 0 Å². The molecule has 0 saturated heterocycles. The zero-order chi connectivity index (χ0) is 0. The minimum absolute atomic E-state index is 0. The molecule has 0 rings (SSSR count). The van der Waals surface area contributed by atoms with Crippen LogP contribution < -0.4 is 0 Å². The van der Waals surface area contributed by atoms with Crippen molar-refractivity contribution in [2.24, 2.45) is 0 Å². The standard InChI is InChI=1S/Mn.H2O.Sm.Sr.2H/h;1H2;;;;. The molecule has 1 radical (unpaired) electrons. The van der Waals surface area contributed by atoms with Crippen LogP contribution >= 0.6 is 0 Å². The molecule has 0 heterocycles. The van der Waals surface area contributed by atoms with E-state index in [1.54, 1.807) is 0 Å². The van der Waals surface area contributed by atoms with E-state index in [4.69, 9.17) is 0 Å². The van der Waals surface area contributed by atoms with Crippen molar-refractivity contribution in [1.29, 1.82) is 0 Å². The van der Waals surface area contributed by atoms with Gasteiger partial charge in [0.05, 0.1) is 0 Å². The monoisotopic (exact) mass is 315 g/mol. The molecule has 0 spiro atoms. The summed E-state index contributed by atoms with van der Waals surface area (Å²) in [5.74, 6) is 0. The molecule has 0 saturated carbocycles. The summed E-state index contributed by atoms with van der Waals surface area (Å²) in [7, 11) is 0. The van der Waals surface area contributed by atoms with E-state index < -0.39 is 0 Å². The molecule has 2 N–H and O–H groups in total. The van der Waals surface area contributed by atoms with Crippen LogP contribution in [0.2, 0.25) is 0 Å². The summed E-state index contributed by atoms with van der Waals surface area (Å²) in [6, 6.07) is 0. The van der Waals surface area contributed by atoms with Crippen LogP contribution in [0, 0.1) is 40.4 Å². The summed E-state index contributed by atoms with van der Waals surface area (Å²) in [6.07, 6.45) is 0. The van der Waals surface area contributed by atoms with Crippen LogP contribution in [0.5, 0.6) is 0 Å². The van der Waals surface area contributed by atoms with Crippen LogP contribution in [-0.4, -0.2) is 51.0 Å². The Kier molecular flexibility index (Phi) is 108. The van der Waals surface area contributed by atoms with Gasteiger partial charge in [0, 0.05) is 57.5 Å². The summed E-state index contributed by atoms with van der Waals surface area (Å²) < 4.78 is 0. The summed E-state index contributed by atoms with van der Waals surface area (Å²) in [5, 5.41) is 0. The van der Waals surface area contributed by atoms with E-state index in [1.165, 1.54) is 0 Å². The second kappa shape index (κ2) is 16.3. The van der Waals surface area contributed by atoms with E-state index in [9.17, 15) is 0 Å². The Morgan fingerprint density at radius 2 is 1.00 bits per heavy atom. The molecule has 1 nitrogen and oxygen atoms in total. The molecule has 0 aromatic rings. The molecule has 0 aliphatic rings. The fourth-order valence-corrected chi connectivity index (χ4v) is 0. The second-order valence-corrected chi connectivity index (χ2v) is 0. The third-order valence-corrected chi connectivity index (χ3v) is 0. The molecule has 0 fully saturated rings. The molecule has 0 aromatic carbocycles. The number of hydrogen-bond donors (Lipinski definition) is 0. The predicted molar refractivity (Wildman–Crippen MR) is 12.2 cm³/mol. The van der Waals surface area contributed by atoms with Gasteiger partial charge in [0.2, 0.25) is 0 Å². The van der Waals surface area contributed by atoms with Gasteiger partial charge in [-0.05, 0) is 0 Å². The average molecular weight is 313 g/mol. The minimum atomic E-state index is 0. The van der Waals surface area contributed by atoms with Crippen molar-refractivity contribution in [3.05, 3.63) is 0 Å². The van der Waals surface area contributed by atoms with E-state index in [1.807, 2.05) is 0 Å². The van der Waals surface area contributed by atoms with Crippen molar-refractivity contribution in [1.82, 2.24) is 0 Å². The van der Waals surface area contributed by atoms with Crippen LogP contribution in [0.15, 0.2) is 0 Å². The van der Waals surface area contributed by atoms with Gasteiger partial charge < -0.3 is 5.48 Å². The van der Waals surface area contributed by atoms with Crippen LogP contribution in [0.4, 0.5) is 0 Å². The first-order valence-electron chi connectivity index (χ1n) is 0. The van der Waals surface area contributed by atoms with Crippen molar-refractivity contribution in [2.75, 3.05) is 0 Å². The Hall–Kier alpha value is 3.30. The van der Waals surface area contributed by atoms with E-state index in [2.05, 4.69) is 0 Å². The van der Waals surface area contributed by atoms with Gasteiger partial charge >= 0.3 is 45.5 Å². The van der Waals surface area contributed by atoms with Crippen molar-refractivity contribution in [3.63, 3.8) is 0 Å². The van der Waals surface area contributed by atoms with Crippen molar-refractivity contribution < 1.29 is 62.9 Å². The van der Waals surface area contributed by atoms with Crippen LogP contribution in [0.3, 0.4) is 0 Å². The topological polar surface area (TPSA) is 31.5 Å². The maximum atomic E-state index is 0. The Balaban J connectivity index is 0. The first kappa shape index (κ1) is 26.6. The van der Waals surface area contributed by atoms with Crippen molar-refractivity contribution in [2.45, 2.75) is 0 Å². The molecule has 0 unspecified atom stereocenters. The molecule has 0 amide bonds. The SMILES string of the molecule is O.[Mn].[Sm].[SrH2]. The van der Waals surface area contributed by atoms with E-state index in [-0.39, 0.29) is 108 Å². The fraction of sp³-hybridized carbons (Fsp3) is 0. The van der Waals surface area contributed by atoms with E-state index in [0.717, 1.165) is 0 Å². The third-order valence-electron chi connectivity index (χ3n) is 0. The Morgan fingerprint density at radius 3 is 1.00 bits per heavy atom. The fourth-order valence-electron chi connectivity index (χ4n) is 0. The predicted octanol–water partition coefficient (Wildman–Crippen LogP) is -1.74. The van der Waals surface area contributed by atoms with E-state index in [0.29, 0.717) is 0 Å². The zero-order valence-corrected chi connectivity index (χ0v) is 5.09. The zero-order valence-electron chi connectivity index (χ0n) is 1.29. The molecular formula is H4MnOSmSr.